The monoisotopic (exact) mass is 527 g/mol. The van der Waals surface area contributed by atoms with Gasteiger partial charge in [-0.2, -0.15) is 13.2 Å². The number of halogens is 3. The molecule has 0 bridgehead atoms. The van der Waals surface area contributed by atoms with Gasteiger partial charge in [0.25, 0.3) is 5.91 Å². The van der Waals surface area contributed by atoms with Gasteiger partial charge in [-0.05, 0) is 47.1 Å². The molecule has 3 aromatic rings. The van der Waals surface area contributed by atoms with Gasteiger partial charge in [0, 0.05) is 56.4 Å². The summed E-state index contributed by atoms with van der Waals surface area (Å²) < 4.78 is 38.0. The van der Waals surface area contributed by atoms with Gasteiger partial charge in [-0.1, -0.05) is 12.1 Å². The molecule has 1 fully saturated rings. The molecule has 2 heterocycles. The molecule has 1 saturated heterocycles. The predicted octanol–water partition coefficient (Wildman–Crippen LogP) is 4.15. The number of nitrogens with two attached hydrogens (primary N) is 1. The maximum Gasteiger partial charge on any atom is 0.471 e. The van der Waals surface area contributed by atoms with E-state index in [-0.39, 0.29) is 37.4 Å². The van der Waals surface area contributed by atoms with Crippen LogP contribution in [0.3, 0.4) is 0 Å². The number of hydrogen-bond donors (Lipinski definition) is 3. The number of anilines is 4. The first kappa shape index (κ1) is 26.4. The summed E-state index contributed by atoms with van der Waals surface area (Å²) in [5.41, 5.74) is 8.69. The molecular formula is C25H24F3N7O3. The number of amides is 2. The van der Waals surface area contributed by atoms with Crippen LogP contribution in [0.15, 0.2) is 66.0 Å². The van der Waals surface area contributed by atoms with Crippen molar-refractivity contribution in [2.75, 3.05) is 41.7 Å². The molecule has 13 heteroatoms. The number of benzene rings is 2. The number of primary amides is 1. The summed E-state index contributed by atoms with van der Waals surface area (Å²) in [6.07, 6.45) is -3.51. The van der Waals surface area contributed by atoms with Gasteiger partial charge in [-0.25, -0.2) is 4.98 Å². The summed E-state index contributed by atoms with van der Waals surface area (Å²) in [5.74, 6) is -2.03. The van der Waals surface area contributed by atoms with Crippen LogP contribution in [-0.4, -0.2) is 54.1 Å². The lowest BCUT2D eigenvalue weighted by atomic mass is 10.1. The Morgan fingerprint density at radius 2 is 1.74 bits per heavy atom. The summed E-state index contributed by atoms with van der Waals surface area (Å²) >= 11 is 0. The quantitative estimate of drug-likeness (QED) is 0.375. The zero-order valence-electron chi connectivity index (χ0n) is 20.0. The fourth-order valence-corrected chi connectivity index (χ4v) is 4.04. The Morgan fingerprint density at radius 3 is 2.37 bits per heavy atom. The lowest BCUT2D eigenvalue weighted by Crippen LogP contribution is -2.52. The van der Waals surface area contributed by atoms with Crippen molar-refractivity contribution in [2.45, 2.75) is 12.7 Å². The maximum atomic E-state index is 12.7. The molecule has 0 atom stereocenters. The normalized spacial score (nSPS) is 13.7. The number of piperazine rings is 1. The number of aromatic nitrogens is 1. The van der Waals surface area contributed by atoms with E-state index >= 15 is 0 Å². The zero-order valence-corrected chi connectivity index (χ0v) is 20.0. The number of rotatable bonds is 8. The van der Waals surface area contributed by atoms with Gasteiger partial charge >= 0.3 is 12.1 Å². The van der Waals surface area contributed by atoms with Gasteiger partial charge in [0.15, 0.2) is 0 Å². The SMILES string of the molecule is NC(=O)c1cnc(Nc2ccc(N3CCN(C(=O)C(F)(F)F)CC3)cc2)cc1NCc1cccc(N=O)c1. The lowest BCUT2D eigenvalue weighted by Gasteiger charge is -2.36. The van der Waals surface area contributed by atoms with Crippen LogP contribution in [0.5, 0.6) is 0 Å². The number of carbonyl (C=O) groups excluding carboxylic acids is 2. The first-order chi connectivity index (χ1) is 18.1. The fourth-order valence-electron chi connectivity index (χ4n) is 4.04. The number of alkyl halides is 3. The van der Waals surface area contributed by atoms with Crippen LogP contribution in [0.25, 0.3) is 0 Å². The molecular weight excluding hydrogens is 503 g/mol. The zero-order chi connectivity index (χ0) is 27.3. The van der Waals surface area contributed by atoms with E-state index in [9.17, 15) is 27.7 Å². The first-order valence-corrected chi connectivity index (χ1v) is 11.6. The minimum Gasteiger partial charge on any atom is -0.380 e. The predicted molar refractivity (Wildman–Crippen MR) is 137 cm³/mol. The van der Waals surface area contributed by atoms with E-state index in [1.807, 2.05) is 23.1 Å². The van der Waals surface area contributed by atoms with Crippen LogP contribution in [0.2, 0.25) is 0 Å². The molecule has 10 nitrogen and oxygen atoms in total. The Bertz CT molecular complexity index is 1320. The molecule has 2 amide bonds. The molecule has 0 aliphatic carbocycles. The summed E-state index contributed by atoms with van der Waals surface area (Å²) in [6.45, 7) is 0.848. The van der Waals surface area contributed by atoms with E-state index in [1.54, 1.807) is 36.4 Å². The third kappa shape index (κ3) is 6.35. The highest BCUT2D eigenvalue weighted by atomic mass is 19.4. The highest BCUT2D eigenvalue weighted by molar-refractivity contribution is 5.98. The molecule has 198 valence electrons. The van der Waals surface area contributed by atoms with Crippen molar-refractivity contribution in [3.63, 3.8) is 0 Å². The van der Waals surface area contributed by atoms with E-state index < -0.39 is 18.0 Å². The van der Waals surface area contributed by atoms with E-state index in [0.29, 0.717) is 23.7 Å². The summed E-state index contributed by atoms with van der Waals surface area (Å²) in [5, 5.41) is 9.19. The van der Waals surface area contributed by atoms with Gasteiger partial charge < -0.3 is 26.2 Å². The van der Waals surface area contributed by atoms with Gasteiger partial charge in [0.1, 0.15) is 11.5 Å². The van der Waals surface area contributed by atoms with E-state index in [4.69, 9.17) is 5.73 Å². The van der Waals surface area contributed by atoms with E-state index in [1.165, 1.54) is 6.20 Å². The number of nitroso groups, excluding NO2 is 1. The van der Waals surface area contributed by atoms with E-state index in [2.05, 4.69) is 20.8 Å². The second kappa shape index (κ2) is 11.2. The van der Waals surface area contributed by atoms with Gasteiger partial charge in [0.2, 0.25) is 0 Å². The Balaban J connectivity index is 1.40. The molecule has 0 saturated carbocycles. The van der Waals surface area contributed by atoms with Crippen molar-refractivity contribution in [1.82, 2.24) is 9.88 Å². The lowest BCUT2D eigenvalue weighted by molar-refractivity contribution is -0.185. The third-order valence-corrected chi connectivity index (χ3v) is 5.98. The highest BCUT2D eigenvalue weighted by Crippen LogP contribution is 2.26. The molecule has 0 unspecified atom stereocenters. The van der Waals surface area contributed by atoms with E-state index in [0.717, 1.165) is 16.2 Å². The standard InChI is InChI=1S/C25H24F3N7O3/c26-25(27,28)24(37)35-10-8-34(9-11-35)19-6-4-17(5-7-19)32-22-13-21(20(15-31-22)23(29)36)30-14-16-2-1-3-18(12-16)33-38/h1-7,12-13,15H,8-11,14H2,(H2,29,36)(H2,30,31,32). The average molecular weight is 528 g/mol. The Labute approximate surface area is 215 Å². The van der Waals surface area contributed by atoms with Crippen LogP contribution in [0.1, 0.15) is 15.9 Å². The van der Waals surface area contributed by atoms with Crippen molar-refractivity contribution >= 4 is 40.4 Å². The minimum atomic E-state index is -4.87. The molecule has 4 N–H and O–H groups in total. The molecule has 1 aliphatic heterocycles. The maximum absolute atomic E-state index is 12.7. The van der Waals surface area contributed by atoms with Crippen LogP contribution >= 0.6 is 0 Å². The summed E-state index contributed by atoms with van der Waals surface area (Å²) in [4.78, 5) is 41.0. The molecule has 4 rings (SSSR count). The smallest absolute Gasteiger partial charge is 0.380 e. The first-order valence-electron chi connectivity index (χ1n) is 11.6. The summed E-state index contributed by atoms with van der Waals surface area (Å²) in [7, 11) is 0. The van der Waals surface area contributed by atoms with Gasteiger partial charge in [-0.3, -0.25) is 9.59 Å². The van der Waals surface area contributed by atoms with Crippen LogP contribution < -0.4 is 21.3 Å². The van der Waals surface area contributed by atoms with Gasteiger partial charge in [-0.15, -0.1) is 4.91 Å². The van der Waals surface area contributed by atoms with Crippen LogP contribution in [0, 0.1) is 4.91 Å². The van der Waals surface area contributed by atoms with Crippen molar-refractivity contribution in [2.24, 2.45) is 10.9 Å². The van der Waals surface area contributed by atoms with Crippen molar-refractivity contribution < 1.29 is 22.8 Å². The van der Waals surface area contributed by atoms with Gasteiger partial charge in [0.05, 0.1) is 11.3 Å². The van der Waals surface area contributed by atoms with Crippen molar-refractivity contribution in [1.29, 1.82) is 0 Å². The Kier molecular flexibility index (Phi) is 7.74. The van der Waals surface area contributed by atoms with Crippen LogP contribution in [-0.2, 0) is 11.3 Å². The number of hydrogen-bond acceptors (Lipinski definition) is 8. The second-order valence-electron chi connectivity index (χ2n) is 8.54. The second-order valence-corrected chi connectivity index (χ2v) is 8.54. The van der Waals surface area contributed by atoms with Crippen molar-refractivity contribution in [3.05, 3.63) is 76.8 Å². The number of carbonyl (C=O) groups is 2. The number of nitrogens with one attached hydrogen (secondary N) is 2. The highest BCUT2D eigenvalue weighted by Gasteiger charge is 2.43. The fraction of sp³-hybridized carbons (Fsp3) is 0.240. The Morgan fingerprint density at radius 1 is 1.03 bits per heavy atom. The molecule has 1 aliphatic rings. The van der Waals surface area contributed by atoms with Crippen LogP contribution in [0.4, 0.5) is 41.7 Å². The number of nitrogens with zero attached hydrogens (tertiary/aromatic N) is 4. The van der Waals surface area contributed by atoms with Crippen molar-refractivity contribution in [3.8, 4) is 0 Å². The Hall–Kier alpha value is -4.68. The largest absolute Gasteiger partial charge is 0.471 e. The minimum absolute atomic E-state index is 0.0137. The molecule has 38 heavy (non-hydrogen) atoms. The molecule has 2 aromatic carbocycles. The topological polar surface area (TPSA) is 133 Å². The molecule has 1 aromatic heterocycles. The number of pyridine rings is 1. The molecule has 0 spiro atoms. The molecule has 0 radical (unpaired) electrons. The third-order valence-electron chi connectivity index (χ3n) is 5.98. The average Bonchev–Trinajstić information content (AvgIpc) is 2.91. The summed E-state index contributed by atoms with van der Waals surface area (Å²) in [6, 6.07) is 15.6.